The molecule has 26 heavy (non-hydrogen) atoms. The number of carboxylic acids is 4. The Morgan fingerprint density at radius 3 is 1.19 bits per heavy atom. The minimum atomic E-state index is -2.90. The Labute approximate surface area is 150 Å². The third-order valence-electron chi connectivity index (χ3n) is 3.84. The topological polar surface area (TPSA) is 168 Å². The summed E-state index contributed by atoms with van der Waals surface area (Å²) in [5, 5.41) is 37.7. The van der Waals surface area contributed by atoms with Crippen LogP contribution in [0.2, 0.25) is 0 Å². The molecule has 0 aliphatic rings. The molecule has 0 saturated carbocycles. The number of unbranched alkanes of at least 4 members (excludes halogenated alkanes) is 2. The number of carbonyl (C=O) groups is 4. The van der Waals surface area contributed by atoms with Gasteiger partial charge in [0.15, 0.2) is 0 Å². The van der Waals surface area contributed by atoms with Crippen LogP contribution in [0.15, 0.2) is 0 Å². The van der Waals surface area contributed by atoms with Crippen LogP contribution in [0.1, 0.15) is 52.4 Å². The van der Waals surface area contributed by atoms with Gasteiger partial charge >= 0.3 is 23.9 Å². The van der Waals surface area contributed by atoms with Gasteiger partial charge in [-0.15, -0.1) is 0 Å². The van der Waals surface area contributed by atoms with Gasteiger partial charge in [-0.1, -0.05) is 26.7 Å². The number of carboxylic acid groups (broad SMARTS) is 4. The summed E-state index contributed by atoms with van der Waals surface area (Å²) in [6, 6.07) is 0. The zero-order chi connectivity index (χ0) is 20.4. The van der Waals surface area contributed by atoms with Crippen molar-refractivity contribution < 1.29 is 49.1 Å². The van der Waals surface area contributed by atoms with Gasteiger partial charge in [0.05, 0.1) is 12.8 Å². The highest BCUT2D eigenvalue weighted by Crippen LogP contribution is 2.38. The van der Waals surface area contributed by atoms with Crippen LogP contribution in [0.25, 0.3) is 0 Å². The van der Waals surface area contributed by atoms with Crippen LogP contribution in [0, 0.1) is 0 Å². The molecule has 10 heteroatoms. The highest BCUT2D eigenvalue weighted by molar-refractivity contribution is 5.96. The second-order valence-electron chi connectivity index (χ2n) is 5.81. The largest absolute Gasteiger partial charge is 0.481 e. The van der Waals surface area contributed by atoms with Crippen molar-refractivity contribution in [2.24, 2.45) is 0 Å². The maximum absolute atomic E-state index is 12.0. The minimum absolute atomic E-state index is 0.262. The molecule has 0 heterocycles. The van der Waals surface area contributed by atoms with Crippen LogP contribution in [0.4, 0.5) is 0 Å². The summed E-state index contributed by atoms with van der Waals surface area (Å²) in [6.07, 6.45) is -0.745. The Hall–Kier alpha value is -2.20. The zero-order valence-electron chi connectivity index (χ0n) is 14.9. The molecule has 0 aliphatic heterocycles. The predicted octanol–water partition coefficient (Wildman–Crippen LogP) is 1.22. The van der Waals surface area contributed by atoms with Crippen LogP contribution in [0.3, 0.4) is 0 Å². The molecule has 10 nitrogen and oxygen atoms in total. The maximum atomic E-state index is 12.0. The van der Waals surface area contributed by atoms with Crippen LogP contribution in [0.5, 0.6) is 0 Å². The van der Waals surface area contributed by atoms with E-state index in [-0.39, 0.29) is 13.2 Å². The van der Waals surface area contributed by atoms with Gasteiger partial charge < -0.3 is 29.9 Å². The first-order valence-corrected chi connectivity index (χ1v) is 8.27. The molecule has 4 N–H and O–H groups in total. The predicted molar refractivity (Wildman–Crippen MR) is 87.0 cm³/mol. The second kappa shape index (κ2) is 10.7. The maximum Gasteiger partial charge on any atom is 0.340 e. The van der Waals surface area contributed by atoms with E-state index in [2.05, 4.69) is 0 Å². The van der Waals surface area contributed by atoms with Crippen molar-refractivity contribution in [2.45, 2.75) is 63.6 Å². The van der Waals surface area contributed by atoms with Gasteiger partial charge in [0.1, 0.15) is 0 Å². The lowest BCUT2D eigenvalue weighted by atomic mass is 9.76. The number of aliphatic carboxylic acids is 4. The van der Waals surface area contributed by atoms with E-state index < -0.39 is 47.9 Å². The molecule has 150 valence electrons. The molecule has 2 unspecified atom stereocenters. The summed E-state index contributed by atoms with van der Waals surface area (Å²) < 4.78 is 10.5. The molecule has 0 aromatic carbocycles. The monoisotopic (exact) mass is 378 g/mol. The van der Waals surface area contributed by atoms with Crippen molar-refractivity contribution in [3.05, 3.63) is 0 Å². The molecular weight excluding hydrogens is 352 g/mol. The Morgan fingerprint density at radius 2 is 1.00 bits per heavy atom. The van der Waals surface area contributed by atoms with E-state index in [9.17, 15) is 29.4 Å². The van der Waals surface area contributed by atoms with Crippen LogP contribution in [-0.2, 0) is 28.7 Å². The Bertz CT molecular complexity index is 471. The SMILES string of the molecule is CCCCOC(CC(=O)O)(C(=O)O)C(CC(=O)O)(OCCCC)C(=O)O. The lowest BCUT2D eigenvalue weighted by Gasteiger charge is -2.42. The number of rotatable bonds is 15. The van der Waals surface area contributed by atoms with Crippen LogP contribution < -0.4 is 0 Å². The smallest absolute Gasteiger partial charge is 0.340 e. The number of ether oxygens (including phenoxy) is 2. The first kappa shape index (κ1) is 23.8. The molecule has 0 aromatic heterocycles. The number of hydrogen-bond acceptors (Lipinski definition) is 6. The van der Waals surface area contributed by atoms with Crippen molar-refractivity contribution >= 4 is 23.9 Å². The van der Waals surface area contributed by atoms with Crippen molar-refractivity contribution in [3.8, 4) is 0 Å². The molecule has 0 fully saturated rings. The average Bonchev–Trinajstić information content (AvgIpc) is 2.51. The molecular formula is C16H26O10. The van der Waals surface area contributed by atoms with Gasteiger partial charge in [0.2, 0.25) is 11.2 Å². The quantitative estimate of drug-likeness (QED) is 0.304. The minimum Gasteiger partial charge on any atom is -0.481 e. The van der Waals surface area contributed by atoms with Crippen molar-refractivity contribution in [3.63, 3.8) is 0 Å². The highest BCUT2D eigenvalue weighted by atomic mass is 16.6. The summed E-state index contributed by atoms with van der Waals surface area (Å²) in [6.45, 7) is 3.01. The van der Waals surface area contributed by atoms with E-state index >= 15 is 0 Å². The Kier molecular flexibility index (Phi) is 9.81. The zero-order valence-corrected chi connectivity index (χ0v) is 14.9. The highest BCUT2D eigenvalue weighted by Gasteiger charge is 2.66. The summed E-state index contributed by atoms with van der Waals surface area (Å²) in [4.78, 5) is 46.6. The average molecular weight is 378 g/mol. The molecule has 0 saturated heterocycles. The second-order valence-corrected chi connectivity index (χ2v) is 5.81. The van der Waals surface area contributed by atoms with Gasteiger partial charge in [-0.2, -0.15) is 0 Å². The molecule has 0 aromatic rings. The third-order valence-corrected chi connectivity index (χ3v) is 3.84. The molecule has 0 spiro atoms. The summed E-state index contributed by atoms with van der Waals surface area (Å²) >= 11 is 0. The first-order chi connectivity index (χ1) is 12.1. The summed E-state index contributed by atoms with van der Waals surface area (Å²) in [7, 11) is 0. The Morgan fingerprint density at radius 1 is 0.692 bits per heavy atom. The summed E-state index contributed by atoms with van der Waals surface area (Å²) in [5.74, 6) is -7.12. The van der Waals surface area contributed by atoms with E-state index in [0.717, 1.165) is 0 Å². The molecule has 0 bridgehead atoms. The van der Waals surface area contributed by atoms with Crippen molar-refractivity contribution in [1.29, 1.82) is 0 Å². The third kappa shape index (κ3) is 5.67. The van der Waals surface area contributed by atoms with E-state index in [1.807, 2.05) is 0 Å². The molecule has 2 atom stereocenters. The van der Waals surface area contributed by atoms with Gasteiger partial charge in [0, 0.05) is 13.2 Å². The van der Waals surface area contributed by atoms with Crippen molar-refractivity contribution in [1.82, 2.24) is 0 Å². The normalized spacial score (nSPS) is 15.6. The van der Waals surface area contributed by atoms with E-state index in [1.165, 1.54) is 0 Å². The fraction of sp³-hybridized carbons (Fsp3) is 0.750. The standard InChI is InChI=1S/C16H26O10/c1-3-5-7-25-15(13(21)22,9-11(17)18)16(14(23)24,10-12(19)20)26-8-6-4-2/h3-10H2,1-2H3,(H,17,18)(H,19,20)(H,21,22)(H,23,24). The van der Waals surface area contributed by atoms with Gasteiger partial charge in [-0.05, 0) is 12.8 Å². The van der Waals surface area contributed by atoms with E-state index in [4.69, 9.17) is 19.7 Å². The number of hydrogen-bond donors (Lipinski definition) is 4. The fourth-order valence-electron chi connectivity index (χ4n) is 2.45. The van der Waals surface area contributed by atoms with Crippen LogP contribution >= 0.6 is 0 Å². The van der Waals surface area contributed by atoms with Gasteiger partial charge in [-0.25, -0.2) is 9.59 Å². The lowest BCUT2D eigenvalue weighted by Crippen LogP contribution is -2.68. The van der Waals surface area contributed by atoms with Gasteiger partial charge in [0.25, 0.3) is 0 Å². The molecule has 0 radical (unpaired) electrons. The molecule has 0 amide bonds. The first-order valence-electron chi connectivity index (χ1n) is 8.27. The molecule has 0 aliphatic carbocycles. The van der Waals surface area contributed by atoms with Crippen LogP contribution in [-0.4, -0.2) is 68.7 Å². The summed E-state index contributed by atoms with van der Waals surface area (Å²) in [5.41, 5.74) is -5.79. The van der Waals surface area contributed by atoms with E-state index in [1.54, 1.807) is 13.8 Å². The Balaban J connectivity index is 6.38. The fourth-order valence-corrected chi connectivity index (χ4v) is 2.45. The lowest BCUT2D eigenvalue weighted by molar-refractivity contribution is -0.236. The molecule has 0 rings (SSSR count). The van der Waals surface area contributed by atoms with Gasteiger partial charge in [-0.3, -0.25) is 9.59 Å². The van der Waals surface area contributed by atoms with E-state index in [0.29, 0.717) is 25.7 Å². The van der Waals surface area contributed by atoms with Crippen molar-refractivity contribution in [2.75, 3.05) is 13.2 Å².